The minimum Gasteiger partial charge on any atom is -0.355 e. The lowest BCUT2D eigenvalue weighted by Gasteiger charge is -2.32. The van der Waals surface area contributed by atoms with Gasteiger partial charge in [0.15, 0.2) is 0 Å². The highest BCUT2D eigenvalue weighted by Crippen LogP contribution is 2.32. The number of aromatic amines is 1. The number of aromatic nitrogens is 2. The van der Waals surface area contributed by atoms with Crippen LogP contribution in [0.1, 0.15) is 31.2 Å². The molecule has 1 amide bonds. The van der Waals surface area contributed by atoms with Crippen LogP contribution in [0.3, 0.4) is 0 Å². The Hall–Kier alpha value is -3.45. The lowest BCUT2D eigenvalue weighted by Crippen LogP contribution is -2.44. The van der Waals surface area contributed by atoms with E-state index < -0.39 is 0 Å². The maximum Gasteiger partial charge on any atom is 0.270 e. The molecule has 3 heterocycles. The molecule has 1 fully saturated rings. The molecule has 0 radical (unpaired) electrons. The number of carbonyl (C=O) groups excluding carboxylic acids is 1. The monoisotopic (exact) mass is 472 g/mol. The fraction of sp³-hybridized carbons (Fsp3) is 0.296. The predicted octanol–water partition coefficient (Wildman–Crippen LogP) is 4.79. The van der Waals surface area contributed by atoms with Gasteiger partial charge >= 0.3 is 0 Å². The summed E-state index contributed by atoms with van der Waals surface area (Å²) in [6, 6.07) is 20.2. The highest BCUT2D eigenvalue weighted by molar-refractivity contribution is 7.17. The van der Waals surface area contributed by atoms with Crippen molar-refractivity contribution >= 4 is 33.4 Å². The molecule has 0 spiro atoms. The van der Waals surface area contributed by atoms with E-state index in [9.17, 15) is 9.59 Å². The van der Waals surface area contributed by atoms with Crippen molar-refractivity contribution in [3.8, 4) is 11.1 Å². The smallest absolute Gasteiger partial charge is 0.270 e. The first kappa shape index (κ1) is 22.3. The minimum absolute atomic E-state index is 0.0661. The van der Waals surface area contributed by atoms with Gasteiger partial charge in [0, 0.05) is 30.6 Å². The first-order chi connectivity index (χ1) is 16.6. The highest BCUT2D eigenvalue weighted by Gasteiger charge is 2.28. The molecular weight excluding hydrogens is 444 g/mol. The Morgan fingerprint density at radius 1 is 1.18 bits per heavy atom. The fourth-order valence-electron chi connectivity index (χ4n) is 4.57. The van der Waals surface area contributed by atoms with Crippen molar-refractivity contribution < 1.29 is 4.79 Å². The Labute approximate surface area is 202 Å². The second-order valence-electron chi connectivity index (χ2n) is 8.92. The molecule has 4 aromatic rings. The average molecular weight is 473 g/mol. The van der Waals surface area contributed by atoms with Gasteiger partial charge in [0.25, 0.3) is 5.56 Å². The highest BCUT2D eigenvalue weighted by atomic mass is 32.1. The van der Waals surface area contributed by atoms with Gasteiger partial charge in [-0.15, -0.1) is 11.3 Å². The molecular formula is C27H28N4O2S. The lowest BCUT2D eigenvalue weighted by molar-refractivity contribution is -0.125. The maximum absolute atomic E-state index is 13.0. The summed E-state index contributed by atoms with van der Waals surface area (Å²) in [5, 5.41) is 5.13. The number of anilines is 1. The molecule has 2 aromatic carbocycles. The molecule has 1 aliphatic heterocycles. The molecule has 1 saturated heterocycles. The third-order valence-electron chi connectivity index (χ3n) is 6.54. The van der Waals surface area contributed by atoms with Gasteiger partial charge in [-0.3, -0.25) is 14.6 Å². The molecule has 2 N–H and O–H groups in total. The van der Waals surface area contributed by atoms with Crippen molar-refractivity contribution in [1.82, 2.24) is 15.3 Å². The maximum atomic E-state index is 13.0. The van der Waals surface area contributed by atoms with E-state index in [1.54, 1.807) is 0 Å². The summed E-state index contributed by atoms with van der Waals surface area (Å²) in [7, 11) is 0. The van der Waals surface area contributed by atoms with Crippen molar-refractivity contribution in [3.63, 3.8) is 0 Å². The van der Waals surface area contributed by atoms with Gasteiger partial charge in [0.2, 0.25) is 11.9 Å². The summed E-state index contributed by atoms with van der Waals surface area (Å²) in [6.45, 7) is 4.04. The van der Waals surface area contributed by atoms with Crippen molar-refractivity contribution in [3.05, 3.63) is 82.0 Å². The number of piperidine rings is 1. The minimum atomic E-state index is -0.131. The van der Waals surface area contributed by atoms with Gasteiger partial charge in [-0.05, 0) is 29.9 Å². The van der Waals surface area contributed by atoms with E-state index in [2.05, 4.69) is 29.4 Å². The van der Waals surface area contributed by atoms with E-state index in [0.29, 0.717) is 23.7 Å². The van der Waals surface area contributed by atoms with Crippen LogP contribution in [0.4, 0.5) is 5.95 Å². The number of H-pyrrole nitrogens is 1. The van der Waals surface area contributed by atoms with E-state index in [-0.39, 0.29) is 23.3 Å². The molecule has 0 aliphatic carbocycles. The van der Waals surface area contributed by atoms with Crippen LogP contribution >= 0.6 is 11.3 Å². The van der Waals surface area contributed by atoms with Crippen LogP contribution in [0.25, 0.3) is 21.3 Å². The quantitative estimate of drug-likeness (QED) is 0.423. The van der Waals surface area contributed by atoms with Crippen molar-refractivity contribution in [2.75, 3.05) is 24.5 Å². The second-order valence-corrected chi connectivity index (χ2v) is 9.80. The number of nitrogens with zero attached hydrogens (tertiary/aromatic N) is 2. The van der Waals surface area contributed by atoms with E-state index in [0.717, 1.165) is 36.0 Å². The van der Waals surface area contributed by atoms with Crippen molar-refractivity contribution in [2.24, 2.45) is 5.92 Å². The van der Waals surface area contributed by atoms with E-state index in [1.165, 1.54) is 16.9 Å². The molecule has 34 heavy (non-hydrogen) atoms. The third kappa shape index (κ3) is 4.61. The molecule has 6 nitrogen and oxygen atoms in total. The third-order valence-corrected chi connectivity index (χ3v) is 7.51. The Morgan fingerprint density at radius 3 is 2.68 bits per heavy atom. The van der Waals surface area contributed by atoms with Crippen LogP contribution in [0.15, 0.2) is 70.8 Å². The molecule has 0 bridgehead atoms. The van der Waals surface area contributed by atoms with E-state index >= 15 is 0 Å². The van der Waals surface area contributed by atoms with Crippen LogP contribution in [0.5, 0.6) is 0 Å². The summed E-state index contributed by atoms with van der Waals surface area (Å²) in [5.74, 6) is 0.730. The van der Waals surface area contributed by atoms with Gasteiger partial charge in [0.05, 0.1) is 11.4 Å². The zero-order chi connectivity index (χ0) is 23.5. The molecule has 2 aromatic heterocycles. The summed E-state index contributed by atoms with van der Waals surface area (Å²) in [4.78, 5) is 35.6. The van der Waals surface area contributed by atoms with E-state index in [4.69, 9.17) is 4.98 Å². The molecule has 2 unspecified atom stereocenters. The number of nitrogens with one attached hydrogen (secondary N) is 2. The summed E-state index contributed by atoms with van der Waals surface area (Å²) in [5.41, 5.74) is 3.82. The largest absolute Gasteiger partial charge is 0.355 e. The molecule has 5 rings (SSSR count). The van der Waals surface area contributed by atoms with Gasteiger partial charge in [-0.25, -0.2) is 4.98 Å². The van der Waals surface area contributed by atoms with Gasteiger partial charge in [-0.1, -0.05) is 67.6 Å². The number of fused-ring (bicyclic) bond motifs is 1. The lowest BCUT2D eigenvalue weighted by atomic mass is 9.96. The van der Waals surface area contributed by atoms with Crippen LogP contribution in [0.2, 0.25) is 0 Å². The molecule has 7 heteroatoms. The number of thiophene rings is 1. The first-order valence-electron chi connectivity index (χ1n) is 11.7. The Balaban J connectivity index is 1.32. The zero-order valence-electron chi connectivity index (χ0n) is 19.2. The summed E-state index contributed by atoms with van der Waals surface area (Å²) >= 11 is 1.41. The van der Waals surface area contributed by atoms with Crippen LogP contribution < -0.4 is 15.8 Å². The van der Waals surface area contributed by atoms with Crippen LogP contribution in [-0.2, 0) is 4.79 Å². The number of benzene rings is 2. The van der Waals surface area contributed by atoms with Crippen LogP contribution in [0, 0.1) is 5.92 Å². The summed E-state index contributed by atoms with van der Waals surface area (Å²) in [6.07, 6.45) is 1.71. The number of hydrogen-bond acceptors (Lipinski definition) is 5. The predicted molar refractivity (Wildman–Crippen MR) is 138 cm³/mol. The van der Waals surface area contributed by atoms with Crippen LogP contribution in [-0.4, -0.2) is 35.5 Å². The molecule has 1 aliphatic rings. The topological polar surface area (TPSA) is 78.1 Å². The van der Waals surface area contributed by atoms with Gasteiger partial charge in [-0.2, -0.15) is 0 Å². The Bertz CT molecular complexity index is 1330. The number of carbonyl (C=O) groups is 1. The molecule has 2 atom stereocenters. The average Bonchev–Trinajstić information content (AvgIpc) is 3.33. The number of amides is 1. The SMILES string of the molecule is CC(CNC(=O)C1CCCN(c2nc3c(-c4ccccc4)csc3c(=O)[nH]2)C1)c1ccccc1. The molecule has 174 valence electrons. The first-order valence-corrected chi connectivity index (χ1v) is 12.6. The van der Waals surface area contributed by atoms with Crippen molar-refractivity contribution in [2.45, 2.75) is 25.7 Å². The van der Waals surface area contributed by atoms with Gasteiger partial charge in [0.1, 0.15) is 4.70 Å². The van der Waals surface area contributed by atoms with E-state index in [1.807, 2.05) is 58.8 Å². The fourth-order valence-corrected chi connectivity index (χ4v) is 5.48. The second kappa shape index (κ2) is 9.81. The Kier molecular flexibility index (Phi) is 6.45. The zero-order valence-corrected chi connectivity index (χ0v) is 20.0. The standard InChI is InChI=1S/C27H28N4O2S/c1-18(19-9-4-2-5-10-19)15-28-25(32)21-13-8-14-31(16-21)27-29-23-22(20-11-6-3-7-12-20)17-34-24(23)26(33)30-27/h2-7,9-12,17-18,21H,8,13-16H2,1H3,(H,28,32)(H,29,30,33). The van der Waals surface area contributed by atoms with Crippen molar-refractivity contribution in [1.29, 1.82) is 0 Å². The molecule has 0 saturated carbocycles. The number of hydrogen-bond donors (Lipinski definition) is 2. The summed E-state index contributed by atoms with van der Waals surface area (Å²) < 4.78 is 0.629. The normalized spacial score (nSPS) is 17.0. The number of rotatable bonds is 6. The Morgan fingerprint density at radius 2 is 1.91 bits per heavy atom. The van der Waals surface area contributed by atoms with Gasteiger partial charge < -0.3 is 10.2 Å².